The van der Waals surface area contributed by atoms with Crippen molar-refractivity contribution < 1.29 is 24.2 Å². The molecule has 0 aromatic heterocycles. The molecule has 1 saturated heterocycles. The van der Waals surface area contributed by atoms with Gasteiger partial charge in [0.15, 0.2) is 5.79 Å². The van der Waals surface area contributed by atoms with Crippen LogP contribution in [-0.2, 0) is 24.7 Å². The van der Waals surface area contributed by atoms with E-state index >= 15 is 0 Å². The van der Waals surface area contributed by atoms with E-state index in [9.17, 15) is 5.11 Å². The van der Waals surface area contributed by atoms with Crippen molar-refractivity contribution in [2.45, 2.75) is 44.0 Å². The first-order valence-corrected chi connectivity index (χ1v) is 7.10. The molecule has 0 unspecified atom stereocenters. The van der Waals surface area contributed by atoms with Crippen LogP contribution in [0.1, 0.15) is 36.8 Å². The quantitative estimate of drug-likeness (QED) is 0.856. The van der Waals surface area contributed by atoms with E-state index < -0.39 is 11.4 Å². The van der Waals surface area contributed by atoms with Gasteiger partial charge in [-0.2, -0.15) is 9.59 Å². The molecule has 1 aromatic rings. The largest absolute Gasteiger partial charge is 0.385 e. The fourth-order valence-corrected chi connectivity index (χ4v) is 2.98. The lowest BCUT2D eigenvalue weighted by Crippen LogP contribution is -2.42. The number of rotatable bonds is 1. The molecule has 1 aromatic carbocycles. The highest BCUT2D eigenvalue weighted by Gasteiger charge is 2.46. The summed E-state index contributed by atoms with van der Waals surface area (Å²) in [5, 5.41) is 10.8. The van der Waals surface area contributed by atoms with Crippen molar-refractivity contribution in [3.8, 4) is 0 Å². The lowest BCUT2D eigenvalue weighted by molar-refractivity contribution is -0.204. The van der Waals surface area contributed by atoms with Crippen molar-refractivity contribution in [1.29, 1.82) is 0 Å². The maximum Gasteiger partial charge on any atom is 0.373 e. The van der Waals surface area contributed by atoms with Gasteiger partial charge in [-0.3, -0.25) is 0 Å². The van der Waals surface area contributed by atoms with Crippen LogP contribution in [0.3, 0.4) is 0 Å². The molecule has 5 nitrogen and oxygen atoms in total. The molecule has 0 radical (unpaired) electrons. The number of ether oxygens (including phenoxy) is 2. The molecule has 5 heteroatoms. The molecule has 2 aliphatic rings. The third kappa shape index (κ3) is 3.57. The molecule has 1 spiro atoms. The summed E-state index contributed by atoms with van der Waals surface area (Å²) in [4.78, 5) is 16.2. The minimum Gasteiger partial charge on any atom is -0.385 e. The molecule has 1 aliphatic carbocycles. The van der Waals surface area contributed by atoms with E-state index in [0.717, 1.165) is 18.4 Å². The zero-order valence-corrected chi connectivity index (χ0v) is 12.1. The highest BCUT2D eigenvalue weighted by Crippen LogP contribution is 2.44. The SMILES string of the molecule is Cc1ccc(C2(O)CCC3(CC2)OCCO3)cc1.O=C=O. The van der Waals surface area contributed by atoms with Crippen molar-refractivity contribution in [3.63, 3.8) is 0 Å². The van der Waals surface area contributed by atoms with Crippen LogP contribution < -0.4 is 0 Å². The van der Waals surface area contributed by atoms with Crippen LogP contribution >= 0.6 is 0 Å². The maximum absolute atomic E-state index is 10.8. The van der Waals surface area contributed by atoms with Crippen LogP contribution in [0.2, 0.25) is 0 Å². The summed E-state index contributed by atoms with van der Waals surface area (Å²) in [6.45, 7) is 3.43. The average Bonchev–Trinajstić information content (AvgIpc) is 2.93. The smallest absolute Gasteiger partial charge is 0.373 e. The summed E-state index contributed by atoms with van der Waals surface area (Å²) in [6.07, 6.45) is 3.21. The van der Waals surface area contributed by atoms with E-state index in [1.165, 1.54) is 5.56 Å². The van der Waals surface area contributed by atoms with Gasteiger partial charge >= 0.3 is 6.15 Å². The molecule has 3 rings (SSSR count). The van der Waals surface area contributed by atoms with Crippen molar-refractivity contribution in [3.05, 3.63) is 35.4 Å². The van der Waals surface area contributed by atoms with Gasteiger partial charge in [0, 0.05) is 12.8 Å². The number of benzene rings is 1. The van der Waals surface area contributed by atoms with Crippen molar-refractivity contribution in [2.75, 3.05) is 13.2 Å². The van der Waals surface area contributed by atoms with Gasteiger partial charge in [-0.25, -0.2) is 0 Å². The van der Waals surface area contributed by atoms with Crippen LogP contribution in [0, 0.1) is 6.92 Å². The van der Waals surface area contributed by atoms with Crippen LogP contribution in [0.15, 0.2) is 24.3 Å². The monoisotopic (exact) mass is 292 g/mol. The van der Waals surface area contributed by atoms with E-state index in [1.54, 1.807) is 0 Å². The summed E-state index contributed by atoms with van der Waals surface area (Å²) in [6, 6.07) is 8.17. The summed E-state index contributed by atoms with van der Waals surface area (Å²) in [7, 11) is 0. The van der Waals surface area contributed by atoms with Crippen molar-refractivity contribution in [1.82, 2.24) is 0 Å². The predicted molar refractivity (Wildman–Crippen MR) is 73.2 cm³/mol. The molecule has 0 atom stereocenters. The lowest BCUT2D eigenvalue weighted by Gasteiger charge is -2.40. The maximum atomic E-state index is 10.8. The second kappa shape index (κ2) is 6.50. The molecular formula is C16H20O5. The van der Waals surface area contributed by atoms with E-state index in [2.05, 4.69) is 19.1 Å². The minimum atomic E-state index is -0.714. The van der Waals surface area contributed by atoms with Gasteiger partial charge < -0.3 is 14.6 Å². The Kier molecular flexibility index (Phi) is 4.91. The minimum absolute atomic E-state index is 0.250. The molecular weight excluding hydrogens is 272 g/mol. The third-order valence-electron chi connectivity index (χ3n) is 4.24. The zero-order valence-electron chi connectivity index (χ0n) is 12.1. The standard InChI is InChI=1S/C15H20O3.CO2/c1-12-2-4-13(5-3-12)14(16)6-8-15(9-7-14)17-10-11-18-15;2-1-3/h2-5,16H,6-11H2,1H3;. The van der Waals surface area contributed by atoms with Gasteiger partial charge in [0.25, 0.3) is 0 Å². The molecule has 1 heterocycles. The van der Waals surface area contributed by atoms with Crippen molar-refractivity contribution >= 4 is 6.15 Å². The Balaban J connectivity index is 0.000000497. The molecule has 21 heavy (non-hydrogen) atoms. The van der Waals surface area contributed by atoms with Gasteiger partial charge in [0.1, 0.15) is 0 Å². The highest BCUT2D eigenvalue weighted by atomic mass is 16.7. The Hall–Kier alpha value is -1.52. The topological polar surface area (TPSA) is 72.8 Å². The van der Waals surface area contributed by atoms with Gasteiger partial charge in [0.2, 0.25) is 0 Å². The van der Waals surface area contributed by atoms with Crippen LogP contribution in [0.5, 0.6) is 0 Å². The Morgan fingerprint density at radius 1 is 1.00 bits per heavy atom. The van der Waals surface area contributed by atoms with E-state index in [4.69, 9.17) is 19.1 Å². The summed E-state index contributed by atoms with van der Waals surface area (Å²) >= 11 is 0. The van der Waals surface area contributed by atoms with E-state index in [-0.39, 0.29) is 6.15 Å². The molecule has 114 valence electrons. The fraction of sp³-hybridized carbons (Fsp3) is 0.562. The first kappa shape index (κ1) is 15.9. The number of hydrogen-bond acceptors (Lipinski definition) is 5. The fourth-order valence-electron chi connectivity index (χ4n) is 2.98. The lowest BCUT2D eigenvalue weighted by atomic mass is 9.77. The van der Waals surface area contributed by atoms with Crippen LogP contribution in [-0.4, -0.2) is 30.3 Å². The molecule has 1 aliphatic heterocycles. The Bertz CT molecular complexity index is 486. The number of hydrogen-bond donors (Lipinski definition) is 1. The summed E-state index contributed by atoms with van der Waals surface area (Å²) in [5.74, 6) is -0.406. The number of aliphatic hydroxyl groups is 1. The van der Waals surface area contributed by atoms with Gasteiger partial charge in [-0.15, -0.1) is 0 Å². The van der Waals surface area contributed by atoms with E-state index in [0.29, 0.717) is 26.1 Å². The Labute approximate surface area is 123 Å². The van der Waals surface area contributed by atoms with E-state index in [1.807, 2.05) is 12.1 Å². The molecule has 0 bridgehead atoms. The van der Waals surface area contributed by atoms with Gasteiger partial charge in [-0.05, 0) is 25.3 Å². The number of aryl methyl sites for hydroxylation is 1. The summed E-state index contributed by atoms with van der Waals surface area (Å²) < 4.78 is 11.4. The highest BCUT2D eigenvalue weighted by molar-refractivity contribution is 5.27. The second-order valence-electron chi connectivity index (χ2n) is 5.59. The zero-order chi connectivity index (χ0) is 15.3. The molecule has 0 amide bonds. The van der Waals surface area contributed by atoms with Crippen LogP contribution in [0.4, 0.5) is 0 Å². The Morgan fingerprint density at radius 2 is 1.48 bits per heavy atom. The van der Waals surface area contributed by atoms with Crippen molar-refractivity contribution in [2.24, 2.45) is 0 Å². The second-order valence-corrected chi connectivity index (χ2v) is 5.59. The summed E-state index contributed by atoms with van der Waals surface area (Å²) in [5.41, 5.74) is 1.52. The third-order valence-corrected chi connectivity index (χ3v) is 4.24. The molecule has 2 fully saturated rings. The van der Waals surface area contributed by atoms with Crippen LogP contribution in [0.25, 0.3) is 0 Å². The first-order chi connectivity index (χ1) is 10.0. The van der Waals surface area contributed by atoms with Gasteiger partial charge in [-0.1, -0.05) is 29.8 Å². The molecule has 1 saturated carbocycles. The first-order valence-electron chi connectivity index (χ1n) is 7.10. The number of carbonyl (C=O) groups excluding carboxylic acids is 2. The predicted octanol–water partition coefficient (Wildman–Crippen LogP) is 1.92. The normalized spacial score (nSPS) is 22.2. The average molecular weight is 292 g/mol. The Morgan fingerprint density at radius 3 is 1.95 bits per heavy atom. The molecule has 1 N–H and O–H groups in total. The van der Waals surface area contributed by atoms with Gasteiger partial charge in [0.05, 0.1) is 18.8 Å².